The van der Waals surface area contributed by atoms with Crippen LogP contribution in [0.2, 0.25) is 0 Å². The molecule has 0 fully saturated rings. The van der Waals surface area contributed by atoms with E-state index in [-0.39, 0.29) is 63.7 Å². The van der Waals surface area contributed by atoms with E-state index < -0.39 is 12.0 Å². The molecule has 2 unspecified atom stereocenters. The van der Waals surface area contributed by atoms with Gasteiger partial charge in [0.2, 0.25) is 11.8 Å². The molecule has 146 valence electrons. The third-order valence-corrected chi connectivity index (χ3v) is 3.14. The minimum absolute atomic E-state index is 0.0859. The topological polar surface area (TPSA) is 146 Å². The van der Waals surface area contributed by atoms with Crippen LogP contribution >= 0.6 is 0 Å². The number of nitrogens with one attached hydrogen (secondary N) is 3. The molecule has 0 saturated heterocycles. The quantitative estimate of drug-likeness (QED) is 0.212. The number of amides is 2. The van der Waals surface area contributed by atoms with Crippen molar-refractivity contribution in [3.63, 3.8) is 0 Å². The lowest BCUT2D eigenvalue weighted by molar-refractivity contribution is -0.137. The zero-order valence-electron chi connectivity index (χ0n) is 14.7. The van der Waals surface area contributed by atoms with Crippen LogP contribution in [0.5, 0.6) is 0 Å². The second-order valence-corrected chi connectivity index (χ2v) is 5.38. The van der Waals surface area contributed by atoms with E-state index in [0.29, 0.717) is 6.54 Å². The number of ether oxygens (including phenoxy) is 2. The van der Waals surface area contributed by atoms with Crippen LogP contribution in [0.4, 0.5) is 0 Å². The average Bonchev–Trinajstić information content (AvgIpc) is 2.57. The Morgan fingerprint density at radius 2 is 1.80 bits per heavy atom. The predicted octanol–water partition coefficient (Wildman–Crippen LogP) is -1.91. The van der Waals surface area contributed by atoms with Gasteiger partial charge >= 0.3 is 5.97 Å². The molecular weight excluding hydrogens is 334 g/mol. The molecule has 10 heteroatoms. The fourth-order valence-corrected chi connectivity index (χ4v) is 1.79. The molecule has 5 N–H and O–H groups in total. The molecule has 0 bridgehead atoms. The Hall–Kier alpha value is -1.75. The van der Waals surface area contributed by atoms with Crippen molar-refractivity contribution in [1.29, 1.82) is 0 Å². The highest BCUT2D eigenvalue weighted by Gasteiger charge is 2.16. The van der Waals surface area contributed by atoms with Crippen LogP contribution in [0.3, 0.4) is 0 Å². The highest BCUT2D eigenvalue weighted by molar-refractivity contribution is 5.82. The first kappa shape index (κ1) is 23.2. The molecule has 0 spiro atoms. The lowest BCUT2D eigenvalue weighted by atomic mass is 10.1. The molecule has 0 saturated carbocycles. The van der Waals surface area contributed by atoms with Gasteiger partial charge in [-0.2, -0.15) is 0 Å². The van der Waals surface area contributed by atoms with Gasteiger partial charge in [-0.05, 0) is 20.4 Å². The molecule has 10 nitrogen and oxygen atoms in total. The number of carboxylic acids is 1. The Kier molecular flexibility index (Phi) is 13.6. The third kappa shape index (κ3) is 13.2. The summed E-state index contributed by atoms with van der Waals surface area (Å²) >= 11 is 0. The summed E-state index contributed by atoms with van der Waals surface area (Å²) in [6.45, 7) is 2.50. The minimum atomic E-state index is -0.948. The van der Waals surface area contributed by atoms with E-state index in [1.54, 1.807) is 14.0 Å². The van der Waals surface area contributed by atoms with E-state index in [1.807, 2.05) is 0 Å². The number of hydrogen-bond acceptors (Lipinski definition) is 7. The van der Waals surface area contributed by atoms with Crippen molar-refractivity contribution >= 4 is 17.8 Å². The van der Waals surface area contributed by atoms with Gasteiger partial charge in [-0.1, -0.05) is 0 Å². The molecule has 0 aliphatic rings. The summed E-state index contributed by atoms with van der Waals surface area (Å²) < 4.78 is 10.4. The van der Waals surface area contributed by atoms with Crippen molar-refractivity contribution in [3.8, 4) is 0 Å². The molecule has 0 aromatic heterocycles. The van der Waals surface area contributed by atoms with Gasteiger partial charge < -0.3 is 35.6 Å². The molecular formula is C15H29N3O7. The SMILES string of the molecule is CNC(CCC(=O)O)C(=O)NCCOCCOCC(=O)NC(C)CO. The van der Waals surface area contributed by atoms with Crippen LogP contribution < -0.4 is 16.0 Å². The van der Waals surface area contributed by atoms with E-state index in [9.17, 15) is 14.4 Å². The molecule has 2 atom stereocenters. The second kappa shape index (κ2) is 14.6. The Balaban J connectivity index is 3.60. The van der Waals surface area contributed by atoms with Crippen LogP contribution in [0.15, 0.2) is 0 Å². The number of likely N-dealkylation sites (N-methyl/N-ethyl adjacent to an activating group) is 1. The molecule has 0 heterocycles. The van der Waals surface area contributed by atoms with E-state index in [1.165, 1.54) is 0 Å². The highest BCUT2D eigenvalue weighted by Crippen LogP contribution is 1.97. The van der Waals surface area contributed by atoms with Gasteiger partial charge in [-0.3, -0.25) is 14.4 Å². The van der Waals surface area contributed by atoms with Gasteiger partial charge in [0.15, 0.2) is 0 Å². The average molecular weight is 363 g/mol. The fourth-order valence-electron chi connectivity index (χ4n) is 1.79. The Bertz CT molecular complexity index is 407. The summed E-state index contributed by atoms with van der Waals surface area (Å²) in [5.41, 5.74) is 0. The number of aliphatic hydroxyl groups is 1. The van der Waals surface area contributed by atoms with Gasteiger partial charge in [0.1, 0.15) is 6.61 Å². The van der Waals surface area contributed by atoms with Crippen molar-refractivity contribution in [1.82, 2.24) is 16.0 Å². The van der Waals surface area contributed by atoms with E-state index >= 15 is 0 Å². The molecule has 0 radical (unpaired) electrons. The lowest BCUT2D eigenvalue weighted by Gasteiger charge is -2.15. The zero-order chi connectivity index (χ0) is 19.1. The first-order chi connectivity index (χ1) is 11.9. The maximum absolute atomic E-state index is 11.8. The smallest absolute Gasteiger partial charge is 0.303 e. The number of carbonyl (C=O) groups is 3. The highest BCUT2D eigenvalue weighted by atomic mass is 16.5. The summed E-state index contributed by atoms with van der Waals surface area (Å²) in [6.07, 6.45) is 0.126. The van der Waals surface area contributed by atoms with Crippen molar-refractivity contribution in [2.75, 3.05) is 46.6 Å². The van der Waals surface area contributed by atoms with Crippen molar-refractivity contribution in [2.45, 2.75) is 31.8 Å². The van der Waals surface area contributed by atoms with Crippen molar-refractivity contribution in [3.05, 3.63) is 0 Å². The van der Waals surface area contributed by atoms with Crippen molar-refractivity contribution < 1.29 is 34.1 Å². The maximum Gasteiger partial charge on any atom is 0.303 e. The molecule has 25 heavy (non-hydrogen) atoms. The Labute approximate surface area is 147 Å². The molecule has 0 aromatic rings. The third-order valence-electron chi connectivity index (χ3n) is 3.14. The molecule has 0 aliphatic carbocycles. The van der Waals surface area contributed by atoms with Crippen LogP contribution in [0.1, 0.15) is 19.8 Å². The van der Waals surface area contributed by atoms with Crippen molar-refractivity contribution in [2.24, 2.45) is 0 Å². The van der Waals surface area contributed by atoms with Gasteiger partial charge in [-0.25, -0.2) is 0 Å². The van der Waals surface area contributed by atoms with E-state index in [2.05, 4.69) is 16.0 Å². The van der Waals surface area contributed by atoms with Crippen LogP contribution in [0, 0.1) is 0 Å². The van der Waals surface area contributed by atoms with E-state index in [0.717, 1.165) is 0 Å². The largest absolute Gasteiger partial charge is 0.481 e. The number of aliphatic hydroxyl groups excluding tert-OH is 1. The minimum Gasteiger partial charge on any atom is -0.481 e. The first-order valence-electron chi connectivity index (χ1n) is 8.13. The monoisotopic (exact) mass is 363 g/mol. The second-order valence-electron chi connectivity index (χ2n) is 5.38. The summed E-state index contributed by atoms with van der Waals surface area (Å²) in [5, 5.41) is 25.4. The lowest BCUT2D eigenvalue weighted by Crippen LogP contribution is -2.43. The van der Waals surface area contributed by atoms with Crippen LogP contribution in [-0.2, 0) is 23.9 Å². The van der Waals surface area contributed by atoms with Gasteiger partial charge in [0.05, 0.1) is 32.5 Å². The van der Waals surface area contributed by atoms with Gasteiger partial charge in [-0.15, -0.1) is 0 Å². The summed E-state index contributed by atoms with van der Waals surface area (Å²) in [5.74, 6) is -1.54. The number of rotatable bonds is 15. The molecule has 0 rings (SSSR count). The summed E-state index contributed by atoms with van der Waals surface area (Å²) in [4.78, 5) is 33.6. The Morgan fingerprint density at radius 3 is 2.40 bits per heavy atom. The number of carboxylic acid groups (broad SMARTS) is 1. The normalized spacial score (nSPS) is 13.1. The van der Waals surface area contributed by atoms with E-state index in [4.69, 9.17) is 19.7 Å². The number of aliphatic carboxylic acids is 1. The van der Waals surface area contributed by atoms with Crippen LogP contribution in [0.25, 0.3) is 0 Å². The van der Waals surface area contributed by atoms with Crippen LogP contribution in [-0.4, -0.2) is 86.7 Å². The Morgan fingerprint density at radius 1 is 1.12 bits per heavy atom. The van der Waals surface area contributed by atoms with Gasteiger partial charge in [0, 0.05) is 19.0 Å². The fraction of sp³-hybridized carbons (Fsp3) is 0.800. The zero-order valence-corrected chi connectivity index (χ0v) is 14.7. The number of hydrogen-bond donors (Lipinski definition) is 5. The first-order valence-corrected chi connectivity index (χ1v) is 8.13. The summed E-state index contributed by atoms with van der Waals surface area (Å²) in [7, 11) is 1.59. The standard InChI is InChI=1S/C15H29N3O7/c1-11(9-19)18-13(20)10-25-8-7-24-6-5-17-15(23)12(16-2)3-4-14(21)22/h11-12,16,19H,3-10H2,1-2H3,(H,17,23)(H,18,20)(H,21,22). The molecule has 0 aliphatic heterocycles. The predicted molar refractivity (Wildman–Crippen MR) is 89.1 cm³/mol. The molecule has 2 amide bonds. The maximum atomic E-state index is 11.8. The summed E-state index contributed by atoms with van der Waals surface area (Å²) in [6, 6.07) is -0.868. The number of carbonyl (C=O) groups excluding carboxylic acids is 2. The molecule has 0 aromatic carbocycles. The van der Waals surface area contributed by atoms with Gasteiger partial charge in [0.25, 0.3) is 0 Å².